The zero-order valence-electron chi connectivity index (χ0n) is 18.4. The molecule has 3 aromatic rings. The first-order valence-electron chi connectivity index (χ1n) is 10.5. The lowest BCUT2D eigenvalue weighted by molar-refractivity contribution is -0.116. The number of carbonyl (C=O) groups is 2. The molecule has 8 nitrogen and oxygen atoms in total. The lowest BCUT2D eigenvalue weighted by Crippen LogP contribution is -2.31. The van der Waals surface area contributed by atoms with E-state index in [1.807, 2.05) is 12.1 Å². The maximum Gasteiger partial charge on any atom is 0.255 e. The third-order valence-corrected chi connectivity index (χ3v) is 5.54. The Hall–Kier alpha value is -4.22. The number of rotatable bonds is 6. The number of amides is 2. The largest absolute Gasteiger partial charge is 0.493 e. The molecule has 1 aromatic carbocycles. The van der Waals surface area contributed by atoms with Crippen LogP contribution in [0.15, 0.2) is 49.3 Å². The number of benzene rings is 1. The van der Waals surface area contributed by atoms with E-state index < -0.39 is 0 Å². The molecule has 2 amide bonds. The zero-order valence-corrected chi connectivity index (χ0v) is 19.2. The van der Waals surface area contributed by atoms with E-state index in [2.05, 4.69) is 44.3 Å². The van der Waals surface area contributed by atoms with Crippen LogP contribution >= 0.6 is 11.6 Å². The third kappa shape index (κ3) is 4.60. The highest BCUT2D eigenvalue weighted by Crippen LogP contribution is 2.41. The van der Waals surface area contributed by atoms with Crippen molar-refractivity contribution in [2.45, 2.75) is 6.42 Å². The van der Waals surface area contributed by atoms with Gasteiger partial charge in [0.2, 0.25) is 5.91 Å². The van der Waals surface area contributed by atoms with E-state index in [0.717, 1.165) is 11.3 Å². The second kappa shape index (κ2) is 10.1. The van der Waals surface area contributed by atoms with Crippen LogP contribution in [0.2, 0.25) is 5.02 Å². The van der Waals surface area contributed by atoms with Crippen molar-refractivity contribution < 1.29 is 14.3 Å². The van der Waals surface area contributed by atoms with Crippen LogP contribution in [0.5, 0.6) is 5.75 Å². The topological polar surface area (TPSA) is 108 Å². The maximum atomic E-state index is 12.8. The number of nitrogens with one attached hydrogen (secondary N) is 4. The molecule has 0 atom stereocenters. The second-order valence-electron chi connectivity index (χ2n) is 7.33. The van der Waals surface area contributed by atoms with Gasteiger partial charge in [0.1, 0.15) is 0 Å². The van der Waals surface area contributed by atoms with Gasteiger partial charge in [0.05, 0.1) is 46.9 Å². The molecule has 172 valence electrons. The van der Waals surface area contributed by atoms with E-state index in [-0.39, 0.29) is 18.4 Å². The van der Waals surface area contributed by atoms with Gasteiger partial charge in [-0.2, -0.15) is 0 Å². The number of carbonyl (C=O) groups excluding carboxylic acids is 2. The highest BCUT2D eigenvalue weighted by Gasteiger charge is 2.28. The molecule has 34 heavy (non-hydrogen) atoms. The van der Waals surface area contributed by atoms with Crippen LogP contribution in [-0.2, 0) is 11.2 Å². The van der Waals surface area contributed by atoms with E-state index in [1.54, 1.807) is 24.5 Å². The quantitative estimate of drug-likeness (QED) is 0.323. The number of methoxy groups -OCH3 is 1. The van der Waals surface area contributed by atoms with Gasteiger partial charge in [0.25, 0.3) is 5.91 Å². The lowest BCUT2D eigenvalue weighted by Gasteiger charge is -2.17. The smallest absolute Gasteiger partial charge is 0.255 e. The molecule has 0 radical (unpaired) electrons. The molecular formula is C25H22ClN5O3. The molecule has 0 spiro atoms. The summed E-state index contributed by atoms with van der Waals surface area (Å²) in [6.45, 7) is 4.12. The summed E-state index contributed by atoms with van der Waals surface area (Å²) >= 11 is 6.31. The van der Waals surface area contributed by atoms with Crippen molar-refractivity contribution in [1.29, 1.82) is 0 Å². The Kier molecular flexibility index (Phi) is 6.85. The van der Waals surface area contributed by atoms with Crippen LogP contribution in [-0.4, -0.2) is 42.0 Å². The van der Waals surface area contributed by atoms with Gasteiger partial charge in [0.15, 0.2) is 5.75 Å². The maximum absolute atomic E-state index is 12.8. The van der Waals surface area contributed by atoms with Crippen molar-refractivity contribution in [2.75, 3.05) is 25.5 Å². The highest BCUT2D eigenvalue weighted by atomic mass is 35.5. The van der Waals surface area contributed by atoms with Crippen molar-refractivity contribution in [3.63, 3.8) is 0 Å². The Morgan fingerprint density at radius 3 is 3.03 bits per heavy atom. The predicted octanol–water partition coefficient (Wildman–Crippen LogP) is 3.42. The van der Waals surface area contributed by atoms with Crippen LogP contribution in [0, 0.1) is 11.8 Å². The number of anilines is 2. The zero-order chi connectivity index (χ0) is 24.1. The Labute approximate surface area is 201 Å². The Morgan fingerprint density at radius 2 is 2.24 bits per heavy atom. The molecule has 0 unspecified atom stereocenters. The Bertz CT molecular complexity index is 1340. The predicted molar refractivity (Wildman–Crippen MR) is 131 cm³/mol. The van der Waals surface area contributed by atoms with E-state index >= 15 is 0 Å². The van der Waals surface area contributed by atoms with Crippen molar-refractivity contribution in [3.05, 3.63) is 71.2 Å². The molecule has 4 rings (SSSR count). The number of nitrogens with zero attached hydrogens (tertiary/aromatic N) is 1. The fraction of sp³-hybridized carbons (Fsp3) is 0.160. The van der Waals surface area contributed by atoms with Crippen LogP contribution < -0.4 is 20.7 Å². The number of H-pyrrole nitrogens is 1. The first kappa shape index (κ1) is 23.0. The van der Waals surface area contributed by atoms with Gasteiger partial charge in [-0.3, -0.25) is 14.6 Å². The molecule has 1 aliphatic heterocycles. The number of fused-ring (bicyclic) bond motifs is 1. The fourth-order valence-corrected chi connectivity index (χ4v) is 3.96. The van der Waals surface area contributed by atoms with Crippen LogP contribution in [0.3, 0.4) is 0 Å². The van der Waals surface area contributed by atoms with Crippen LogP contribution in [0.4, 0.5) is 11.4 Å². The number of hydrogen-bond acceptors (Lipinski definition) is 5. The van der Waals surface area contributed by atoms with E-state index in [1.165, 1.54) is 13.2 Å². The number of hydrogen-bond donors (Lipinski definition) is 4. The summed E-state index contributed by atoms with van der Waals surface area (Å²) in [5.74, 6) is 5.96. The molecule has 2 aromatic heterocycles. The highest BCUT2D eigenvalue weighted by molar-refractivity contribution is 6.32. The van der Waals surface area contributed by atoms with Gasteiger partial charge < -0.3 is 25.7 Å². The van der Waals surface area contributed by atoms with Crippen molar-refractivity contribution in [2.24, 2.45) is 0 Å². The molecule has 1 aliphatic rings. The minimum Gasteiger partial charge on any atom is -0.493 e. The number of aromatic amines is 1. The second-order valence-corrected chi connectivity index (χ2v) is 7.73. The van der Waals surface area contributed by atoms with Gasteiger partial charge in [-0.1, -0.05) is 36.1 Å². The molecule has 9 heteroatoms. The molecule has 3 heterocycles. The van der Waals surface area contributed by atoms with Crippen LogP contribution in [0.1, 0.15) is 21.6 Å². The number of ether oxygens (including phenoxy) is 1. The SMILES string of the molecule is C=CC(=O)NCC#Cc1cnccc1-c1[nH]c2c(c1Nc1cccc(Cl)c1OC)C(=O)NCC2. The Morgan fingerprint density at radius 1 is 1.38 bits per heavy atom. The summed E-state index contributed by atoms with van der Waals surface area (Å²) in [5.41, 5.74) is 4.62. The number of halogens is 1. The molecule has 0 saturated carbocycles. The van der Waals surface area contributed by atoms with Gasteiger partial charge in [-0.15, -0.1) is 0 Å². The van der Waals surface area contributed by atoms with Gasteiger partial charge in [0, 0.05) is 36.6 Å². The molecule has 0 fully saturated rings. The molecular weight excluding hydrogens is 454 g/mol. The van der Waals surface area contributed by atoms with E-state index in [0.29, 0.717) is 51.9 Å². The molecule has 0 saturated heterocycles. The van der Waals surface area contributed by atoms with E-state index in [4.69, 9.17) is 16.3 Å². The number of pyridine rings is 1. The van der Waals surface area contributed by atoms with E-state index in [9.17, 15) is 9.59 Å². The number of aromatic nitrogens is 2. The monoisotopic (exact) mass is 475 g/mol. The Balaban J connectivity index is 1.81. The summed E-state index contributed by atoms with van der Waals surface area (Å²) < 4.78 is 5.48. The molecule has 4 N–H and O–H groups in total. The summed E-state index contributed by atoms with van der Waals surface area (Å²) in [6, 6.07) is 7.17. The number of para-hydroxylation sites is 1. The first-order chi connectivity index (χ1) is 16.5. The van der Waals surface area contributed by atoms with Gasteiger partial charge in [-0.25, -0.2) is 0 Å². The van der Waals surface area contributed by atoms with Gasteiger partial charge >= 0.3 is 0 Å². The summed E-state index contributed by atoms with van der Waals surface area (Å²) in [5, 5.41) is 9.31. The summed E-state index contributed by atoms with van der Waals surface area (Å²) in [6.07, 6.45) is 5.14. The fourth-order valence-electron chi connectivity index (χ4n) is 3.71. The first-order valence-corrected chi connectivity index (χ1v) is 10.9. The third-order valence-electron chi connectivity index (χ3n) is 5.25. The molecule has 0 bridgehead atoms. The van der Waals surface area contributed by atoms with Crippen molar-refractivity contribution >= 4 is 34.8 Å². The average Bonchev–Trinajstić information content (AvgIpc) is 3.21. The average molecular weight is 476 g/mol. The standard InChI is InChI=1S/C25H22ClN5O3/c1-3-20(32)28-11-5-6-15-14-27-12-9-16(15)22-23(21-18(30-22)10-13-29-25(21)33)31-19-8-4-7-17(26)24(19)34-2/h3-4,7-9,12,14,30-31H,1,10-11,13H2,2H3,(H,28,32)(H,29,33). The van der Waals surface area contributed by atoms with Crippen molar-refractivity contribution in [1.82, 2.24) is 20.6 Å². The van der Waals surface area contributed by atoms with Gasteiger partial charge in [-0.05, 0) is 24.3 Å². The lowest BCUT2D eigenvalue weighted by atomic mass is 10.0. The summed E-state index contributed by atoms with van der Waals surface area (Å²) in [4.78, 5) is 31.8. The minimum atomic E-state index is -0.300. The summed E-state index contributed by atoms with van der Waals surface area (Å²) in [7, 11) is 1.54. The normalized spacial score (nSPS) is 12.0. The minimum absolute atomic E-state index is 0.160. The molecule has 0 aliphatic carbocycles. The van der Waals surface area contributed by atoms with Crippen LogP contribution in [0.25, 0.3) is 11.3 Å². The van der Waals surface area contributed by atoms with Crippen molar-refractivity contribution in [3.8, 4) is 28.8 Å².